The highest BCUT2D eigenvalue weighted by atomic mass is 35.5. The van der Waals surface area contributed by atoms with Gasteiger partial charge in [-0.2, -0.15) is 0 Å². The van der Waals surface area contributed by atoms with Gasteiger partial charge in [-0.05, 0) is 25.2 Å². The molecule has 0 bridgehead atoms. The van der Waals surface area contributed by atoms with E-state index in [0.29, 0.717) is 16.5 Å². The zero-order valence-electron chi connectivity index (χ0n) is 8.56. The van der Waals surface area contributed by atoms with Crippen LogP contribution in [0, 0.1) is 11.7 Å². The van der Waals surface area contributed by atoms with Crippen molar-refractivity contribution in [3.8, 4) is 0 Å². The van der Waals surface area contributed by atoms with Crippen LogP contribution < -0.4 is 10.6 Å². The molecule has 2 nitrogen and oxygen atoms in total. The number of halogens is 2. The van der Waals surface area contributed by atoms with E-state index in [1.54, 1.807) is 12.1 Å². The Hall–Kier alpha value is -0.640. The monoisotopic (exact) mass is 228 g/mol. The predicted molar refractivity (Wildman–Crippen MR) is 59.6 cm³/mol. The summed E-state index contributed by atoms with van der Waals surface area (Å²) >= 11 is 5.87. The molecule has 1 aliphatic rings. The van der Waals surface area contributed by atoms with Gasteiger partial charge in [0.15, 0.2) is 0 Å². The molecule has 2 rings (SSSR count). The number of benzene rings is 1. The molecule has 15 heavy (non-hydrogen) atoms. The van der Waals surface area contributed by atoms with E-state index in [2.05, 4.69) is 10.6 Å². The van der Waals surface area contributed by atoms with Crippen LogP contribution in [0.2, 0.25) is 5.02 Å². The van der Waals surface area contributed by atoms with E-state index in [1.165, 1.54) is 6.07 Å². The molecule has 82 valence electrons. The predicted octanol–water partition coefficient (Wildman–Crippen LogP) is 1.96. The SMILES string of the molecule is CNC(c1cc(Cl)ccc1F)C1CNC1. The average molecular weight is 229 g/mol. The molecule has 4 heteroatoms. The maximum atomic E-state index is 13.6. The third-order valence-electron chi connectivity index (χ3n) is 2.89. The minimum atomic E-state index is -0.189. The second kappa shape index (κ2) is 4.47. The third kappa shape index (κ3) is 2.14. The van der Waals surface area contributed by atoms with Gasteiger partial charge >= 0.3 is 0 Å². The van der Waals surface area contributed by atoms with Gasteiger partial charge in [0, 0.05) is 35.6 Å². The summed E-state index contributed by atoms with van der Waals surface area (Å²) in [6.45, 7) is 1.86. The van der Waals surface area contributed by atoms with Gasteiger partial charge in [0.25, 0.3) is 0 Å². The van der Waals surface area contributed by atoms with Crippen LogP contribution in [0.25, 0.3) is 0 Å². The zero-order valence-corrected chi connectivity index (χ0v) is 9.31. The van der Waals surface area contributed by atoms with Gasteiger partial charge in [-0.25, -0.2) is 4.39 Å². The lowest BCUT2D eigenvalue weighted by Gasteiger charge is -2.35. The lowest BCUT2D eigenvalue weighted by atomic mass is 9.88. The van der Waals surface area contributed by atoms with Crippen LogP contribution in [0.15, 0.2) is 18.2 Å². The van der Waals surface area contributed by atoms with E-state index in [9.17, 15) is 4.39 Å². The topological polar surface area (TPSA) is 24.1 Å². The van der Waals surface area contributed by atoms with Crippen molar-refractivity contribution in [2.24, 2.45) is 5.92 Å². The smallest absolute Gasteiger partial charge is 0.128 e. The van der Waals surface area contributed by atoms with E-state index in [1.807, 2.05) is 7.05 Å². The molecule has 1 aromatic rings. The first-order valence-electron chi connectivity index (χ1n) is 5.05. The molecule has 1 aromatic carbocycles. The van der Waals surface area contributed by atoms with E-state index >= 15 is 0 Å². The van der Waals surface area contributed by atoms with Crippen LogP contribution >= 0.6 is 11.6 Å². The first-order valence-corrected chi connectivity index (χ1v) is 5.43. The number of hydrogen-bond acceptors (Lipinski definition) is 2. The summed E-state index contributed by atoms with van der Waals surface area (Å²) in [5.74, 6) is 0.258. The average Bonchev–Trinajstić information content (AvgIpc) is 2.15. The van der Waals surface area contributed by atoms with Crippen molar-refractivity contribution in [1.82, 2.24) is 10.6 Å². The van der Waals surface area contributed by atoms with Crippen LogP contribution in [0.5, 0.6) is 0 Å². The quantitative estimate of drug-likeness (QED) is 0.827. The van der Waals surface area contributed by atoms with Crippen molar-refractivity contribution in [3.05, 3.63) is 34.6 Å². The lowest BCUT2D eigenvalue weighted by molar-refractivity contribution is 0.263. The summed E-state index contributed by atoms with van der Waals surface area (Å²) in [6.07, 6.45) is 0. The van der Waals surface area contributed by atoms with Crippen molar-refractivity contribution in [1.29, 1.82) is 0 Å². The minimum Gasteiger partial charge on any atom is -0.316 e. The van der Waals surface area contributed by atoms with Gasteiger partial charge in [-0.15, -0.1) is 0 Å². The van der Waals surface area contributed by atoms with E-state index in [-0.39, 0.29) is 11.9 Å². The second-order valence-corrected chi connectivity index (χ2v) is 4.29. The van der Waals surface area contributed by atoms with Gasteiger partial charge in [0.1, 0.15) is 5.82 Å². The highest BCUT2D eigenvalue weighted by Crippen LogP contribution is 2.28. The Kier molecular flexibility index (Phi) is 3.24. The highest BCUT2D eigenvalue weighted by Gasteiger charge is 2.28. The molecule has 0 aromatic heterocycles. The van der Waals surface area contributed by atoms with Gasteiger partial charge in [-0.1, -0.05) is 11.6 Å². The molecule has 0 amide bonds. The highest BCUT2D eigenvalue weighted by molar-refractivity contribution is 6.30. The zero-order chi connectivity index (χ0) is 10.8. The molecule has 2 N–H and O–H groups in total. The largest absolute Gasteiger partial charge is 0.316 e. The molecule has 0 saturated carbocycles. The van der Waals surface area contributed by atoms with Gasteiger partial charge in [-0.3, -0.25) is 0 Å². The minimum absolute atomic E-state index is 0.0462. The first-order chi connectivity index (χ1) is 7.22. The molecule has 0 radical (unpaired) electrons. The fraction of sp³-hybridized carbons (Fsp3) is 0.455. The molecular formula is C11H14ClFN2. The Morgan fingerprint density at radius 2 is 2.27 bits per heavy atom. The maximum Gasteiger partial charge on any atom is 0.128 e. The summed E-state index contributed by atoms with van der Waals surface area (Å²) in [6, 6.07) is 4.75. The van der Waals surface area contributed by atoms with Crippen LogP contribution in [-0.4, -0.2) is 20.1 Å². The fourth-order valence-electron chi connectivity index (χ4n) is 1.94. The molecule has 1 fully saturated rings. The Labute approximate surface area is 93.8 Å². The number of rotatable bonds is 3. The molecular weight excluding hydrogens is 215 g/mol. The summed E-state index contributed by atoms with van der Waals surface area (Å²) in [4.78, 5) is 0. The van der Waals surface area contributed by atoms with Crippen molar-refractivity contribution in [3.63, 3.8) is 0 Å². The van der Waals surface area contributed by atoms with Gasteiger partial charge in [0.05, 0.1) is 0 Å². The number of nitrogens with one attached hydrogen (secondary N) is 2. The van der Waals surface area contributed by atoms with Crippen LogP contribution in [0.1, 0.15) is 11.6 Å². The summed E-state index contributed by atoms with van der Waals surface area (Å²) in [5, 5.41) is 6.92. The van der Waals surface area contributed by atoms with Crippen LogP contribution in [0.4, 0.5) is 4.39 Å². The molecule has 1 saturated heterocycles. The molecule has 1 unspecified atom stereocenters. The van der Waals surface area contributed by atoms with Crippen molar-refractivity contribution in [2.75, 3.05) is 20.1 Å². The molecule has 1 heterocycles. The standard InChI is InChI=1S/C11H14ClFN2/c1-14-11(7-5-15-6-7)9-4-8(12)2-3-10(9)13/h2-4,7,11,14-15H,5-6H2,1H3. The normalized spacial score (nSPS) is 18.6. The lowest BCUT2D eigenvalue weighted by Crippen LogP contribution is -2.48. The summed E-state index contributed by atoms with van der Waals surface area (Å²) < 4.78 is 13.6. The Morgan fingerprint density at radius 3 is 2.80 bits per heavy atom. The van der Waals surface area contributed by atoms with E-state index in [4.69, 9.17) is 11.6 Å². The Morgan fingerprint density at radius 1 is 1.53 bits per heavy atom. The third-order valence-corrected chi connectivity index (χ3v) is 3.12. The van der Waals surface area contributed by atoms with Crippen molar-refractivity contribution in [2.45, 2.75) is 6.04 Å². The second-order valence-electron chi connectivity index (χ2n) is 3.85. The fourth-order valence-corrected chi connectivity index (χ4v) is 2.13. The van der Waals surface area contributed by atoms with E-state index < -0.39 is 0 Å². The summed E-state index contributed by atoms with van der Waals surface area (Å²) in [5.41, 5.74) is 0.663. The molecule has 1 atom stereocenters. The summed E-state index contributed by atoms with van der Waals surface area (Å²) in [7, 11) is 1.85. The Balaban J connectivity index is 2.28. The molecule has 0 aliphatic carbocycles. The Bertz CT molecular complexity index is 352. The van der Waals surface area contributed by atoms with Gasteiger partial charge < -0.3 is 10.6 Å². The maximum absolute atomic E-state index is 13.6. The van der Waals surface area contributed by atoms with Crippen LogP contribution in [-0.2, 0) is 0 Å². The van der Waals surface area contributed by atoms with Crippen molar-refractivity contribution >= 4 is 11.6 Å². The molecule has 1 aliphatic heterocycles. The van der Waals surface area contributed by atoms with Gasteiger partial charge in [0.2, 0.25) is 0 Å². The number of hydrogen-bond donors (Lipinski definition) is 2. The first kappa shape index (κ1) is 10.9. The van der Waals surface area contributed by atoms with Crippen molar-refractivity contribution < 1.29 is 4.39 Å². The van der Waals surface area contributed by atoms with E-state index in [0.717, 1.165) is 13.1 Å². The van der Waals surface area contributed by atoms with Crippen LogP contribution in [0.3, 0.4) is 0 Å². The molecule has 0 spiro atoms.